The van der Waals surface area contributed by atoms with Gasteiger partial charge < -0.3 is 4.74 Å². The molecule has 0 heterocycles. The van der Waals surface area contributed by atoms with E-state index in [-0.39, 0.29) is 5.82 Å². The van der Waals surface area contributed by atoms with Crippen LogP contribution in [0.25, 0.3) is 0 Å². The zero-order valence-corrected chi connectivity index (χ0v) is 13.5. The summed E-state index contributed by atoms with van der Waals surface area (Å²) in [6.07, 6.45) is 0.706. The topological polar surface area (TPSA) is 50.7 Å². The van der Waals surface area contributed by atoms with E-state index < -0.39 is 12.0 Å². The molecule has 0 aliphatic heterocycles. The van der Waals surface area contributed by atoms with Crippen LogP contribution in [-0.2, 0) is 4.79 Å². The van der Waals surface area contributed by atoms with Crippen LogP contribution >= 0.6 is 11.6 Å². The minimum absolute atomic E-state index is 0.327. The maximum atomic E-state index is 12.8. The molecule has 2 aromatic carbocycles. The van der Waals surface area contributed by atoms with Crippen LogP contribution in [0.5, 0.6) is 5.75 Å². The van der Waals surface area contributed by atoms with Crippen LogP contribution in [0.2, 0.25) is 5.02 Å². The van der Waals surface area contributed by atoms with Crippen molar-refractivity contribution >= 4 is 23.7 Å². The molecule has 23 heavy (non-hydrogen) atoms. The monoisotopic (exact) mass is 334 g/mol. The van der Waals surface area contributed by atoms with Gasteiger partial charge in [-0.15, -0.1) is 0 Å². The predicted octanol–water partition coefficient (Wildman–Crippen LogP) is 3.71. The number of hydrazone groups is 1. The third-order valence-corrected chi connectivity index (χ3v) is 3.30. The highest BCUT2D eigenvalue weighted by Gasteiger charge is 2.15. The fourth-order valence-corrected chi connectivity index (χ4v) is 2.03. The van der Waals surface area contributed by atoms with E-state index in [2.05, 4.69) is 10.5 Å². The highest BCUT2D eigenvalue weighted by molar-refractivity contribution is 6.30. The molecular formula is C17H16ClFN2O2. The molecule has 0 saturated carbocycles. The number of carbonyl (C=O) groups is 1. The van der Waals surface area contributed by atoms with Crippen molar-refractivity contribution in [1.29, 1.82) is 0 Å². The third kappa shape index (κ3) is 5.07. The molecule has 2 aromatic rings. The Kier molecular flexibility index (Phi) is 5.71. The number of amides is 1. The summed E-state index contributed by atoms with van der Waals surface area (Å²) in [7, 11) is 0. The van der Waals surface area contributed by atoms with Crippen molar-refractivity contribution in [3.8, 4) is 5.75 Å². The van der Waals surface area contributed by atoms with Crippen molar-refractivity contribution in [2.45, 2.75) is 20.0 Å². The summed E-state index contributed by atoms with van der Waals surface area (Å²) in [6, 6.07) is 10.9. The van der Waals surface area contributed by atoms with E-state index in [0.717, 1.165) is 5.56 Å². The van der Waals surface area contributed by atoms with Crippen LogP contribution in [0.4, 0.5) is 4.39 Å². The number of aryl methyl sites for hydroxylation is 1. The number of rotatable bonds is 5. The first kappa shape index (κ1) is 17.0. The number of ether oxygens (including phenoxy) is 1. The summed E-state index contributed by atoms with van der Waals surface area (Å²) >= 11 is 5.88. The lowest BCUT2D eigenvalue weighted by Gasteiger charge is -2.14. The average Bonchev–Trinajstić information content (AvgIpc) is 2.51. The molecule has 0 saturated heterocycles. The fourth-order valence-electron chi connectivity index (χ4n) is 1.80. The molecule has 1 N–H and O–H groups in total. The van der Waals surface area contributed by atoms with Crippen molar-refractivity contribution in [3.05, 3.63) is 64.4 Å². The van der Waals surface area contributed by atoms with Gasteiger partial charge in [0, 0.05) is 5.02 Å². The number of carbonyl (C=O) groups excluding carboxylic acids is 1. The number of nitrogens with one attached hydrogen (secondary N) is 1. The second-order valence-corrected chi connectivity index (χ2v) is 5.39. The minimum Gasteiger partial charge on any atom is -0.481 e. The molecule has 4 nitrogen and oxygen atoms in total. The van der Waals surface area contributed by atoms with Crippen molar-refractivity contribution in [2.75, 3.05) is 0 Å². The lowest BCUT2D eigenvalue weighted by Crippen LogP contribution is -2.33. The predicted molar refractivity (Wildman–Crippen MR) is 88.4 cm³/mol. The van der Waals surface area contributed by atoms with E-state index in [9.17, 15) is 9.18 Å². The van der Waals surface area contributed by atoms with Gasteiger partial charge in [-0.2, -0.15) is 5.10 Å². The minimum atomic E-state index is -0.722. The number of nitrogens with zero attached hydrogens (tertiary/aromatic N) is 1. The van der Waals surface area contributed by atoms with Gasteiger partial charge in [0.2, 0.25) is 0 Å². The SMILES string of the molecule is Cc1cc(Cl)ccc1O[C@@H](C)C(=O)N/N=C\c1ccc(F)cc1. The number of hydrogen-bond donors (Lipinski definition) is 1. The molecule has 0 bridgehead atoms. The largest absolute Gasteiger partial charge is 0.481 e. The summed E-state index contributed by atoms with van der Waals surface area (Å²) in [5.41, 5.74) is 3.90. The Bertz CT molecular complexity index is 717. The highest BCUT2D eigenvalue weighted by atomic mass is 35.5. The molecule has 1 atom stereocenters. The molecule has 0 aromatic heterocycles. The van der Waals surface area contributed by atoms with Crippen LogP contribution in [0, 0.1) is 12.7 Å². The molecule has 1 amide bonds. The van der Waals surface area contributed by atoms with Gasteiger partial charge >= 0.3 is 0 Å². The van der Waals surface area contributed by atoms with Crippen LogP contribution in [0.3, 0.4) is 0 Å². The van der Waals surface area contributed by atoms with E-state index in [4.69, 9.17) is 16.3 Å². The first-order valence-electron chi connectivity index (χ1n) is 6.97. The lowest BCUT2D eigenvalue weighted by molar-refractivity contribution is -0.127. The van der Waals surface area contributed by atoms with Gasteiger partial charge in [-0.1, -0.05) is 23.7 Å². The number of halogens is 2. The van der Waals surface area contributed by atoms with Gasteiger partial charge in [-0.3, -0.25) is 4.79 Å². The Balaban J connectivity index is 1.90. The van der Waals surface area contributed by atoms with Gasteiger partial charge in [0.05, 0.1) is 6.21 Å². The molecule has 0 aliphatic rings. The Hall–Kier alpha value is -2.40. The standard InChI is InChI=1S/C17H16ClFN2O2/c1-11-9-14(18)5-8-16(11)23-12(2)17(22)21-20-10-13-3-6-15(19)7-4-13/h3-10,12H,1-2H3,(H,21,22)/b20-10-/t12-/m0/s1. The van der Waals surface area contributed by atoms with Gasteiger partial charge in [0.1, 0.15) is 11.6 Å². The van der Waals surface area contributed by atoms with E-state index in [1.165, 1.54) is 18.3 Å². The van der Waals surface area contributed by atoms with Crippen LogP contribution in [0.15, 0.2) is 47.6 Å². The van der Waals surface area contributed by atoms with E-state index in [1.54, 1.807) is 37.3 Å². The second-order valence-electron chi connectivity index (χ2n) is 4.96. The molecule has 2 rings (SSSR count). The third-order valence-electron chi connectivity index (χ3n) is 3.07. The van der Waals surface area contributed by atoms with E-state index in [0.29, 0.717) is 16.3 Å². The summed E-state index contributed by atoms with van der Waals surface area (Å²) in [6.45, 7) is 3.47. The zero-order chi connectivity index (χ0) is 16.8. The molecule has 0 spiro atoms. The molecule has 0 radical (unpaired) electrons. The summed E-state index contributed by atoms with van der Waals surface area (Å²) in [5.74, 6) is -0.135. The van der Waals surface area contributed by atoms with Crippen molar-refractivity contribution < 1.29 is 13.9 Å². The lowest BCUT2D eigenvalue weighted by atomic mass is 10.2. The normalized spacial score (nSPS) is 12.2. The Labute approximate surface area is 138 Å². The van der Waals surface area contributed by atoms with Gasteiger partial charge in [-0.25, -0.2) is 9.82 Å². The first-order chi connectivity index (χ1) is 11.0. The Morgan fingerprint density at radius 3 is 2.65 bits per heavy atom. The summed E-state index contributed by atoms with van der Waals surface area (Å²) < 4.78 is 18.4. The molecular weight excluding hydrogens is 319 g/mol. The maximum Gasteiger partial charge on any atom is 0.280 e. The van der Waals surface area contributed by atoms with E-state index in [1.807, 2.05) is 6.92 Å². The van der Waals surface area contributed by atoms with Gasteiger partial charge in [0.25, 0.3) is 5.91 Å². The average molecular weight is 335 g/mol. The number of hydrogen-bond acceptors (Lipinski definition) is 3. The quantitative estimate of drug-likeness (QED) is 0.669. The fraction of sp³-hybridized carbons (Fsp3) is 0.176. The molecule has 6 heteroatoms. The van der Waals surface area contributed by atoms with Crippen LogP contribution in [0.1, 0.15) is 18.1 Å². The van der Waals surface area contributed by atoms with Crippen LogP contribution in [-0.4, -0.2) is 18.2 Å². The molecule has 120 valence electrons. The van der Waals surface area contributed by atoms with Crippen LogP contribution < -0.4 is 10.2 Å². The Morgan fingerprint density at radius 2 is 2.00 bits per heavy atom. The molecule has 0 aliphatic carbocycles. The number of benzene rings is 2. The summed E-state index contributed by atoms with van der Waals surface area (Å²) in [4.78, 5) is 11.9. The van der Waals surface area contributed by atoms with Gasteiger partial charge in [0.15, 0.2) is 6.10 Å². The smallest absolute Gasteiger partial charge is 0.280 e. The highest BCUT2D eigenvalue weighted by Crippen LogP contribution is 2.22. The van der Waals surface area contributed by atoms with Crippen molar-refractivity contribution in [1.82, 2.24) is 5.43 Å². The summed E-state index contributed by atoms with van der Waals surface area (Å²) in [5, 5.41) is 4.43. The zero-order valence-electron chi connectivity index (χ0n) is 12.7. The second kappa shape index (κ2) is 7.74. The Morgan fingerprint density at radius 1 is 1.30 bits per heavy atom. The van der Waals surface area contributed by atoms with Crippen molar-refractivity contribution in [3.63, 3.8) is 0 Å². The molecule has 0 fully saturated rings. The first-order valence-corrected chi connectivity index (χ1v) is 7.35. The van der Waals surface area contributed by atoms with Gasteiger partial charge in [-0.05, 0) is 55.3 Å². The maximum absolute atomic E-state index is 12.8. The molecule has 0 unspecified atom stereocenters. The van der Waals surface area contributed by atoms with E-state index >= 15 is 0 Å². The van der Waals surface area contributed by atoms with Crippen molar-refractivity contribution in [2.24, 2.45) is 5.10 Å².